The number of aromatic nitrogens is 1. The lowest BCUT2D eigenvalue weighted by molar-refractivity contribution is 0.327. The summed E-state index contributed by atoms with van der Waals surface area (Å²) in [6, 6.07) is 6.16. The molecule has 1 aliphatic rings. The predicted molar refractivity (Wildman–Crippen MR) is 104 cm³/mol. The van der Waals surface area contributed by atoms with Gasteiger partial charge in [-0.25, -0.2) is 9.98 Å². The van der Waals surface area contributed by atoms with Crippen molar-refractivity contribution in [2.45, 2.75) is 39.8 Å². The van der Waals surface area contributed by atoms with Crippen molar-refractivity contribution in [3.63, 3.8) is 0 Å². The number of nitrogens with two attached hydrogens (primary N) is 2. The standard InChI is InChI=1S/C18H23N5OS/c1-10(2)21-17(22-11(3)20)18-23-16-13-5-4-12(9-19)8-14(13)24-7-6-15(16)25-18/h4-5,8,10H,6-7,9,19H2,1-3H3,(H2,20,21,22). The maximum absolute atomic E-state index is 5.89. The van der Waals surface area contributed by atoms with Gasteiger partial charge in [-0.05, 0) is 38.5 Å². The fraction of sp³-hybridized carbons (Fsp3) is 0.389. The summed E-state index contributed by atoms with van der Waals surface area (Å²) < 4.78 is 5.89. The van der Waals surface area contributed by atoms with E-state index in [0.717, 1.165) is 34.0 Å². The quantitative estimate of drug-likeness (QED) is 0.652. The molecular formula is C18H23N5OS. The Morgan fingerprint density at radius 2 is 2.20 bits per heavy atom. The molecule has 1 aromatic heterocycles. The molecule has 1 aliphatic heterocycles. The van der Waals surface area contributed by atoms with Crippen molar-refractivity contribution in [1.82, 2.24) is 4.98 Å². The highest BCUT2D eigenvalue weighted by molar-refractivity contribution is 7.14. The highest BCUT2D eigenvalue weighted by Gasteiger charge is 2.22. The van der Waals surface area contributed by atoms with Gasteiger partial charge in [0.15, 0.2) is 10.8 Å². The molecule has 0 bridgehead atoms. The molecule has 3 rings (SSSR count). The van der Waals surface area contributed by atoms with Crippen LogP contribution in [-0.2, 0) is 13.0 Å². The van der Waals surface area contributed by atoms with Crippen molar-refractivity contribution in [2.24, 2.45) is 21.5 Å². The first-order valence-electron chi connectivity index (χ1n) is 8.32. The Balaban J connectivity index is 2.10. The number of hydrogen-bond acceptors (Lipinski definition) is 5. The van der Waals surface area contributed by atoms with Gasteiger partial charge >= 0.3 is 0 Å². The van der Waals surface area contributed by atoms with Crippen molar-refractivity contribution in [1.29, 1.82) is 0 Å². The number of thiazole rings is 1. The van der Waals surface area contributed by atoms with Gasteiger partial charge < -0.3 is 16.2 Å². The van der Waals surface area contributed by atoms with Gasteiger partial charge in [0.2, 0.25) is 0 Å². The predicted octanol–water partition coefficient (Wildman–Crippen LogP) is 2.74. The van der Waals surface area contributed by atoms with Crippen LogP contribution in [0, 0.1) is 0 Å². The summed E-state index contributed by atoms with van der Waals surface area (Å²) >= 11 is 1.61. The summed E-state index contributed by atoms with van der Waals surface area (Å²) in [7, 11) is 0. The van der Waals surface area contributed by atoms with Crippen LogP contribution in [0.3, 0.4) is 0 Å². The molecule has 0 spiro atoms. The first-order chi connectivity index (χ1) is 12.0. The Kier molecular flexibility index (Phi) is 5.15. The van der Waals surface area contributed by atoms with Crippen LogP contribution in [0.4, 0.5) is 0 Å². The summed E-state index contributed by atoms with van der Waals surface area (Å²) in [5.74, 6) is 1.90. The van der Waals surface area contributed by atoms with E-state index in [-0.39, 0.29) is 6.04 Å². The molecule has 132 valence electrons. The molecule has 0 unspecified atom stereocenters. The second-order valence-electron chi connectivity index (χ2n) is 6.22. The lowest BCUT2D eigenvalue weighted by Crippen LogP contribution is -2.11. The average molecular weight is 357 g/mol. The molecule has 2 heterocycles. The number of fused-ring (bicyclic) bond motifs is 3. The Hall–Kier alpha value is -2.25. The number of amidine groups is 2. The lowest BCUT2D eigenvalue weighted by atomic mass is 10.1. The third-order valence-electron chi connectivity index (χ3n) is 3.67. The van der Waals surface area contributed by atoms with Crippen LogP contribution in [0.2, 0.25) is 0 Å². The molecule has 0 aliphatic carbocycles. The molecule has 1 aromatic carbocycles. The van der Waals surface area contributed by atoms with E-state index >= 15 is 0 Å². The molecule has 7 heteroatoms. The lowest BCUT2D eigenvalue weighted by Gasteiger charge is -2.08. The summed E-state index contributed by atoms with van der Waals surface area (Å²) in [5, 5.41) is 0.791. The van der Waals surface area contributed by atoms with E-state index in [1.165, 1.54) is 4.88 Å². The van der Waals surface area contributed by atoms with Gasteiger partial charge in [0, 0.05) is 29.4 Å². The highest BCUT2D eigenvalue weighted by Crippen LogP contribution is 2.38. The van der Waals surface area contributed by atoms with E-state index in [0.29, 0.717) is 24.8 Å². The smallest absolute Gasteiger partial charge is 0.186 e. The number of rotatable bonds is 3. The van der Waals surface area contributed by atoms with Gasteiger partial charge in [0.05, 0.1) is 18.1 Å². The van der Waals surface area contributed by atoms with Crippen molar-refractivity contribution < 1.29 is 4.74 Å². The summed E-state index contributed by atoms with van der Waals surface area (Å²) in [6.07, 6.45) is 0.805. The van der Waals surface area contributed by atoms with E-state index in [1.54, 1.807) is 18.3 Å². The van der Waals surface area contributed by atoms with E-state index in [4.69, 9.17) is 21.2 Å². The molecule has 0 radical (unpaired) electrons. The maximum atomic E-state index is 5.89. The molecule has 0 saturated carbocycles. The van der Waals surface area contributed by atoms with E-state index < -0.39 is 0 Å². The molecule has 0 atom stereocenters. The minimum atomic E-state index is 0.115. The zero-order chi connectivity index (χ0) is 18.0. The minimum absolute atomic E-state index is 0.115. The molecule has 0 fully saturated rings. The van der Waals surface area contributed by atoms with Crippen LogP contribution in [0.25, 0.3) is 11.3 Å². The van der Waals surface area contributed by atoms with Crippen molar-refractivity contribution in [2.75, 3.05) is 6.61 Å². The third kappa shape index (κ3) is 3.88. The van der Waals surface area contributed by atoms with Crippen LogP contribution in [0.5, 0.6) is 5.75 Å². The summed E-state index contributed by atoms with van der Waals surface area (Å²) in [4.78, 5) is 15.0. The van der Waals surface area contributed by atoms with Crippen molar-refractivity contribution in [3.8, 4) is 17.0 Å². The first kappa shape index (κ1) is 17.6. The van der Waals surface area contributed by atoms with Crippen LogP contribution in [0.1, 0.15) is 36.2 Å². The molecule has 25 heavy (non-hydrogen) atoms. The first-order valence-corrected chi connectivity index (χ1v) is 9.14. The number of benzene rings is 1. The topological polar surface area (TPSA) is 98.9 Å². The van der Waals surface area contributed by atoms with Gasteiger partial charge in [0.1, 0.15) is 5.75 Å². The minimum Gasteiger partial charge on any atom is -0.492 e. The Labute approximate surface area is 151 Å². The van der Waals surface area contributed by atoms with Crippen LogP contribution < -0.4 is 16.2 Å². The molecule has 4 N–H and O–H groups in total. The zero-order valence-electron chi connectivity index (χ0n) is 14.7. The van der Waals surface area contributed by atoms with Crippen LogP contribution in [0.15, 0.2) is 28.2 Å². The second kappa shape index (κ2) is 7.33. The second-order valence-corrected chi connectivity index (χ2v) is 7.31. The van der Waals surface area contributed by atoms with Crippen molar-refractivity contribution in [3.05, 3.63) is 33.6 Å². The van der Waals surface area contributed by atoms with Gasteiger partial charge in [-0.1, -0.05) is 6.07 Å². The zero-order valence-corrected chi connectivity index (χ0v) is 15.6. The monoisotopic (exact) mass is 357 g/mol. The van der Waals surface area contributed by atoms with E-state index in [2.05, 4.69) is 9.98 Å². The Bertz CT molecular complexity index is 834. The molecule has 0 saturated heterocycles. The SMILES string of the molecule is CC(N)=NC(=NC(C)C)c1nc2c(s1)CCOc1cc(CN)ccc1-2. The fourth-order valence-electron chi connectivity index (χ4n) is 2.63. The number of ether oxygens (including phenoxy) is 1. The van der Waals surface area contributed by atoms with Crippen LogP contribution in [-0.4, -0.2) is 29.3 Å². The highest BCUT2D eigenvalue weighted by atomic mass is 32.1. The molecule has 2 aromatic rings. The molecular weight excluding hydrogens is 334 g/mol. The van der Waals surface area contributed by atoms with Gasteiger partial charge in [-0.2, -0.15) is 0 Å². The largest absolute Gasteiger partial charge is 0.492 e. The van der Waals surface area contributed by atoms with E-state index in [1.807, 2.05) is 32.0 Å². The number of hydrogen-bond donors (Lipinski definition) is 2. The van der Waals surface area contributed by atoms with Gasteiger partial charge in [0.25, 0.3) is 0 Å². The van der Waals surface area contributed by atoms with Crippen molar-refractivity contribution >= 4 is 23.0 Å². The third-order valence-corrected chi connectivity index (χ3v) is 4.79. The fourth-order valence-corrected chi connectivity index (χ4v) is 3.63. The van der Waals surface area contributed by atoms with Gasteiger partial charge in [-0.3, -0.25) is 4.99 Å². The Morgan fingerprint density at radius 1 is 1.40 bits per heavy atom. The maximum Gasteiger partial charge on any atom is 0.186 e. The molecule has 0 amide bonds. The molecule has 6 nitrogen and oxygen atoms in total. The summed E-state index contributed by atoms with van der Waals surface area (Å²) in [5.41, 5.74) is 14.5. The van der Waals surface area contributed by atoms with E-state index in [9.17, 15) is 0 Å². The Morgan fingerprint density at radius 3 is 2.88 bits per heavy atom. The van der Waals surface area contributed by atoms with Gasteiger partial charge in [-0.15, -0.1) is 11.3 Å². The number of aliphatic imine (C=N–C) groups is 2. The number of nitrogens with zero attached hydrogens (tertiary/aromatic N) is 3. The normalized spacial score (nSPS) is 14.8. The summed E-state index contributed by atoms with van der Waals surface area (Å²) in [6.45, 7) is 6.88. The average Bonchev–Trinajstić information content (AvgIpc) is 2.90. The van der Waals surface area contributed by atoms with Crippen LogP contribution >= 0.6 is 11.3 Å².